The van der Waals surface area contributed by atoms with Crippen molar-refractivity contribution >= 4 is 11.5 Å². The van der Waals surface area contributed by atoms with Gasteiger partial charge in [0.25, 0.3) is 5.91 Å². The van der Waals surface area contributed by atoms with E-state index in [1.165, 1.54) is 36.1 Å². The number of allylic oxidation sites excluding steroid dienone is 4. The summed E-state index contributed by atoms with van der Waals surface area (Å²) < 4.78 is 13.0. The lowest BCUT2D eigenvalue weighted by molar-refractivity contribution is -0.121. The lowest BCUT2D eigenvalue weighted by Crippen LogP contribution is -2.26. The minimum atomic E-state index is -0.415. The zero-order valence-corrected chi connectivity index (χ0v) is 11.0. The molecular formula is C16H14FNO2. The van der Waals surface area contributed by atoms with E-state index in [1.54, 1.807) is 24.4 Å². The van der Waals surface area contributed by atoms with Crippen LogP contribution in [-0.4, -0.2) is 15.9 Å². The lowest BCUT2D eigenvalue weighted by atomic mass is 10.0. The third-order valence-corrected chi connectivity index (χ3v) is 2.87. The Morgan fingerprint density at radius 3 is 2.45 bits per heavy atom. The molecule has 0 radical (unpaired) electrons. The third-order valence-electron chi connectivity index (χ3n) is 2.87. The molecule has 1 heterocycles. The molecule has 1 aromatic rings. The van der Waals surface area contributed by atoms with Gasteiger partial charge in [-0.2, -0.15) is 0 Å². The van der Waals surface area contributed by atoms with E-state index >= 15 is 0 Å². The normalized spacial score (nSPS) is 15.3. The number of benzene rings is 1. The van der Waals surface area contributed by atoms with Crippen molar-refractivity contribution in [1.29, 1.82) is 0 Å². The number of carbonyl (C=O) groups is 1. The number of amides is 1. The van der Waals surface area contributed by atoms with Crippen molar-refractivity contribution in [1.82, 2.24) is 4.90 Å². The topological polar surface area (TPSA) is 40.5 Å². The van der Waals surface area contributed by atoms with Gasteiger partial charge in [-0.1, -0.05) is 24.8 Å². The van der Waals surface area contributed by atoms with Crippen LogP contribution in [-0.2, 0) is 4.79 Å². The van der Waals surface area contributed by atoms with Gasteiger partial charge in [-0.15, -0.1) is 0 Å². The fourth-order valence-electron chi connectivity index (χ4n) is 1.90. The molecule has 0 fully saturated rings. The maximum Gasteiger partial charge on any atom is 0.266 e. The molecular weight excluding hydrogens is 257 g/mol. The van der Waals surface area contributed by atoms with Crippen molar-refractivity contribution < 1.29 is 14.3 Å². The first-order valence-electron chi connectivity index (χ1n) is 6.04. The van der Waals surface area contributed by atoms with Gasteiger partial charge in [0.15, 0.2) is 0 Å². The van der Waals surface area contributed by atoms with E-state index in [2.05, 4.69) is 6.58 Å². The van der Waals surface area contributed by atoms with E-state index in [9.17, 15) is 14.3 Å². The van der Waals surface area contributed by atoms with Crippen LogP contribution in [0.3, 0.4) is 0 Å². The van der Waals surface area contributed by atoms with Gasteiger partial charge in [-0.25, -0.2) is 4.39 Å². The van der Waals surface area contributed by atoms with Crippen LogP contribution in [0.25, 0.3) is 5.57 Å². The van der Waals surface area contributed by atoms with E-state index in [-0.39, 0.29) is 11.3 Å². The Hall–Kier alpha value is -2.62. The van der Waals surface area contributed by atoms with Gasteiger partial charge in [0.05, 0.1) is 5.57 Å². The minimum absolute atomic E-state index is 0.117. The quantitative estimate of drug-likeness (QED) is 0.660. The minimum Gasteiger partial charge on any atom is -0.512 e. The van der Waals surface area contributed by atoms with Crippen molar-refractivity contribution in [3.8, 4) is 0 Å². The average Bonchev–Trinajstić information content (AvgIpc) is 2.41. The molecule has 20 heavy (non-hydrogen) atoms. The Morgan fingerprint density at radius 1 is 1.25 bits per heavy atom. The summed E-state index contributed by atoms with van der Waals surface area (Å²) in [7, 11) is 0. The van der Waals surface area contributed by atoms with Crippen LogP contribution in [0.1, 0.15) is 12.5 Å². The SMILES string of the molecule is C=C1C=CC=CN1C(=O)/C(=C(\C)O)c1ccc(F)cc1. The number of halogens is 1. The Kier molecular flexibility index (Phi) is 3.84. The molecule has 1 aliphatic heterocycles. The predicted molar refractivity (Wildman–Crippen MR) is 75.9 cm³/mol. The molecule has 0 aromatic heterocycles. The molecule has 3 nitrogen and oxygen atoms in total. The van der Waals surface area contributed by atoms with Crippen LogP contribution in [0.2, 0.25) is 0 Å². The molecule has 0 atom stereocenters. The summed E-state index contributed by atoms with van der Waals surface area (Å²) >= 11 is 0. The molecule has 1 aromatic carbocycles. The Bertz CT molecular complexity index is 635. The molecule has 4 heteroatoms. The molecule has 1 amide bonds. The van der Waals surface area contributed by atoms with Gasteiger partial charge >= 0.3 is 0 Å². The highest BCUT2D eigenvalue weighted by Gasteiger charge is 2.22. The van der Waals surface area contributed by atoms with Crippen molar-refractivity contribution in [3.63, 3.8) is 0 Å². The summed E-state index contributed by atoms with van der Waals surface area (Å²) in [5.74, 6) is -0.944. The second-order valence-corrected chi connectivity index (χ2v) is 4.33. The highest BCUT2D eigenvalue weighted by Crippen LogP contribution is 2.24. The number of hydrogen-bond acceptors (Lipinski definition) is 2. The van der Waals surface area contributed by atoms with Crippen LogP contribution in [0.15, 0.2) is 66.7 Å². The van der Waals surface area contributed by atoms with E-state index in [4.69, 9.17) is 0 Å². The number of aliphatic hydroxyl groups excluding tert-OH is 1. The van der Waals surface area contributed by atoms with Crippen LogP contribution in [0.5, 0.6) is 0 Å². The number of rotatable bonds is 2. The Balaban J connectivity index is 2.40. The van der Waals surface area contributed by atoms with E-state index < -0.39 is 11.7 Å². The standard InChI is InChI=1S/C16H14FNO2/c1-11-5-3-4-10-18(11)16(20)15(12(2)19)13-6-8-14(17)9-7-13/h3-10,19H,1H2,2H3/b15-12+. The average molecular weight is 271 g/mol. The molecule has 0 bridgehead atoms. The van der Waals surface area contributed by atoms with Crippen molar-refractivity contribution in [2.45, 2.75) is 6.92 Å². The van der Waals surface area contributed by atoms with Crippen molar-refractivity contribution in [3.05, 3.63) is 78.1 Å². The molecule has 0 unspecified atom stereocenters. The maximum atomic E-state index is 13.0. The van der Waals surface area contributed by atoms with Crippen LogP contribution in [0, 0.1) is 5.82 Å². The van der Waals surface area contributed by atoms with Crippen LogP contribution in [0.4, 0.5) is 4.39 Å². The van der Waals surface area contributed by atoms with Gasteiger partial charge in [0, 0.05) is 11.9 Å². The summed E-state index contributed by atoms with van der Waals surface area (Å²) in [5.41, 5.74) is 1.07. The number of carbonyl (C=O) groups excluding carboxylic acids is 1. The Morgan fingerprint density at radius 2 is 1.90 bits per heavy atom. The fraction of sp³-hybridized carbons (Fsp3) is 0.0625. The van der Waals surface area contributed by atoms with Gasteiger partial charge < -0.3 is 5.11 Å². The molecule has 0 saturated carbocycles. The third kappa shape index (κ3) is 2.69. The second kappa shape index (κ2) is 5.57. The van der Waals surface area contributed by atoms with Gasteiger partial charge in [-0.05, 0) is 36.8 Å². The van der Waals surface area contributed by atoms with Gasteiger partial charge in [0.2, 0.25) is 0 Å². The van der Waals surface area contributed by atoms with E-state index in [0.717, 1.165) is 0 Å². The highest BCUT2D eigenvalue weighted by molar-refractivity contribution is 6.21. The smallest absolute Gasteiger partial charge is 0.266 e. The van der Waals surface area contributed by atoms with Crippen LogP contribution >= 0.6 is 0 Å². The second-order valence-electron chi connectivity index (χ2n) is 4.33. The van der Waals surface area contributed by atoms with E-state index in [0.29, 0.717) is 11.3 Å². The van der Waals surface area contributed by atoms with Crippen molar-refractivity contribution in [2.24, 2.45) is 0 Å². The monoisotopic (exact) mass is 271 g/mol. The number of hydrogen-bond donors (Lipinski definition) is 1. The number of nitrogens with zero attached hydrogens (tertiary/aromatic N) is 1. The lowest BCUT2D eigenvalue weighted by Gasteiger charge is -2.22. The summed E-state index contributed by atoms with van der Waals surface area (Å²) in [6, 6.07) is 5.39. The predicted octanol–water partition coefficient (Wildman–Crippen LogP) is 3.54. The van der Waals surface area contributed by atoms with Crippen LogP contribution < -0.4 is 0 Å². The maximum absolute atomic E-state index is 13.0. The Labute approximate surface area is 116 Å². The summed E-state index contributed by atoms with van der Waals surface area (Å²) in [6.45, 7) is 5.19. The largest absolute Gasteiger partial charge is 0.512 e. The zero-order valence-electron chi connectivity index (χ0n) is 11.0. The first kappa shape index (κ1) is 13.8. The fourth-order valence-corrected chi connectivity index (χ4v) is 1.90. The van der Waals surface area contributed by atoms with Gasteiger partial charge in [0.1, 0.15) is 11.6 Å². The summed E-state index contributed by atoms with van der Waals surface area (Å²) in [5, 5.41) is 9.79. The first-order chi connectivity index (χ1) is 9.50. The molecule has 0 saturated heterocycles. The van der Waals surface area contributed by atoms with Gasteiger partial charge in [-0.3, -0.25) is 9.69 Å². The first-order valence-corrected chi connectivity index (χ1v) is 6.04. The molecule has 102 valence electrons. The molecule has 2 rings (SSSR count). The summed E-state index contributed by atoms with van der Waals surface area (Å²) in [6.07, 6.45) is 6.71. The molecule has 1 N–H and O–H groups in total. The molecule has 1 aliphatic rings. The van der Waals surface area contributed by atoms with E-state index in [1.807, 2.05) is 0 Å². The highest BCUT2D eigenvalue weighted by atomic mass is 19.1. The summed E-state index contributed by atoms with van der Waals surface area (Å²) in [4.78, 5) is 13.8. The zero-order chi connectivity index (χ0) is 14.7. The molecule has 0 aliphatic carbocycles. The number of aliphatic hydroxyl groups is 1. The van der Waals surface area contributed by atoms with Crippen molar-refractivity contribution in [2.75, 3.05) is 0 Å². The molecule has 0 spiro atoms.